The first-order valence-electron chi connectivity index (χ1n) is 11.1. The van der Waals surface area contributed by atoms with E-state index in [9.17, 15) is 15.3 Å². The summed E-state index contributed by atoms with van der Waals surface area (Å²) in [6.45, 7) is 2.73. The minimum atomic E-state index is -0.105. The van der Waals surface area contributed by atoms with Crippen LogP contribution in [0.1, 0.15) is 41.3 Å². The molecule has 0 aliphatic heterocycles. The van der Waals surface area contributed by atoms with E-state index in [0.717, 1.165) is 55.9 Å². The molecule has 1 N–H and O–H groups in total. The third kappa shape index (κ3) is 3.16. The summed E-state index contributed by atoms with van der Waals surface area (Å²) in [4.78, 5) is 12.8. The highest BCUT2D eigenvalue weighted by molar-refractivity contribution is 6.31. The summed E-state index contributed by atoms with van der Waals surface area (Å²) in [5, 5.41) is 30.1. The summed E-state index contributed by atoms with van der Waals surface area (Å²) in [6, 6.07) is 25.9. The van der Waals surface area contributed by atoms with E-state index in [0.29, 0.717) is 23.2 Å². The predicted octanol–water partition coefficient (Wildman–Crippen LogP) is 6.57. The van der Waals surface area contributed by atoms with E-state index >= 15 is 0 Å². The number of carbonyl (C=O) groups is 1. The van der Waals surface area contributed by atoms with Crippen molar-refractivity contribution >= 4 is 49.0 Å². The average Bonchev–Trinajstić information content (AvgIpc) is 2.87. The lowest BCUT2D eigenvalue weighted by Crippen LogP contribution is -2.24. The Labute approximate surface area is 191 Å². The van der Waals surface area contributed by atoms with Crippen LogP contribution in [0.5, 0.6) is 0 Å². The Kier molecular flexibility index (Phi) is 5.13. The smallest absolute Gasteiger partial charge is 0.251 e. The highest BCUT2D eigenvalue weighted by atomic mass is 16.1. The van der Waals surface area contributed by atoms with Gasteiger partial charge in [-0.1, -0.05) is 67.9 Å². The van der Waals surface area contributed by atoms with E-state index in [4.69, 9.17) is 0 Å². The van der Waals surface area contributed by atoms with Gasteiger partial charge in [-0.3, -0.25) is 4.79 Å². The van der Waals surface area contributed by atoms with Crippen molar-refractivity contribution in [2.45, 2.75) is 19.8 Å². The Morgan fingerprint density at radius 1 is 0.758 bits per heavy atom. The van der Waals surface area contributed by atoms with Gasteiger partial charge in [0.2, 0.25) is 0 Å². The number of benzene rings is 5. The van der Waals surface area contributed by atoms with Gasteiger partial charge < -0.3 is 5.32 Å². The van der Waals surface area contributed by atoms with Crippen LogP contribution in [0.2, 0.25) is 0 Å². The Bertz CT molecular complexity index is 1670. The maximum Gasteiger partial charge on any atom is 0.251 e. The van der Waals surface area contributed by atoms with E-state index in [1.807, 2.05) is 60.7 Å². The molecule has 0 aliphatic carbocycles. The van der Waals surface area contributed by atoms with Crippen LogP contribution in [0.15, 0.2) is 66.7 Å². The van der Waals surface area contributed by atoms with Crippen LogP contribution in [-0.2, 0) is 0 Å². The molecule has 0 atom stereocenters. The minimum absolute atomic E-state index is 0.105. The molecule has 0 unspecified atom stereocenters. The summed E-state index contributed by atoms with van der Waals surface area (Å²) in [5.41, 5.74) is 1.71. The van der Waals surface area contributed by atoms with Gasteiger partial charge in [0.25, 0.3) is 5.91 Å². The standard InChI is InChI=1S/C29H21N3O/c1-2-3-14-32-29(33)18-12-13-23-24(15-18)21-10-6-7-11-22(21)27-25(16-30)19-8-4-5-9-20(19)26(17-31)28(23)27/h4-13,15H,2-3,14H2,1H3,(H,32,33). The van der Waals surface area contributed by atoms with Crippen LogP contribution in [0.25, 0.3) is 43.1 Å². The van der Waals surface area contributed by atoms with Gasteiger partial charge in [0, 0.05) is 33.7 Å². The normalized spacial score (nSPS) is 11.0. The van der Waals surface area contributed by atoms with Crippen molar-refractivity contribution in [2.75, 3.05) is 6.54 Å². The third-order valence-electron chi connectivity index (χ3n) is 6.29. The zero-order valence-corrected chi connectivity index (χ0v) is 18.3. The Morgan fingerprint density at radius 3 is 1.88 bits per heavy atom. The van der Waals surface area contributed by atoms with Crippen LogP contribution in [0.4, 0.5) is 0 Å². The van der Waals surface area contributed by atoms with Gasteiger partial charge in [0.05, 0.1) is 11.1 Å². The third-order valence-corrected chi connectivity index (χ3v) is 6.29. The fourth-order valence-corrected chi connectivity index (χ4v) is 4.75. The fourth-order valence-electron chi connectivity index (χ4n) is 4.75. The molecule has 158 valence electrons. The first-order chi connectivity index (χ1) is 16.2. The summed E-state index contributed by atoms with van der Waals surface area (Å²) < 4.78 is 0. The van der Waals surface area contributed by atoms with Gasteiger partial charge in [-0.15, -0.1) is 0 Å². The molecule has 5 rings (SSSR count). The Morgan fingerprint density at radius 2 is 1.30 bits per heavy atom. The molecule has 0 spiro atoms. The van der Waals surface area contributed by atoms with Gasteiger partial charge in [0.15, 0.2) is 0 Å². The van der Waals surface area contributed by atoms with Crippen molar-refractivity contribution in [1.29, 1.82) is 10.5 Å². The number of carbonyl (C=O) groups excluding carboxylic acids is 1. The number of nitriles is 2. The van der Waals surface area contributed by atoms with Gasteiger partial charge in [-0.05, 0) is 40.1 Å². The molecule has 5 aromatic rings. The second-order valence-corrected chi connectivity index (χ2v) is 8.18. The van der Waals surface area contributed by atoms with E-state index in [1.54, 1.807) is 6.07 Å². The summed E-state index contributed by atoms with van der Waals surface area (Å²) in [6.07, 6.45) is 1.95. The Balaban J connectivity index is 1.95. The molecular weight excluding hydrogens is 406 g/mol. The molecule has 33 heavy (non-hydrogen) atoms. The van der Waals surface area contributed by atoms with Crippen molar-refractivity contribution in [3.8, 4) is 12.1 Å². The van der Waals surface area contributed by atoms with E-state index in [-0.39, 0.29) is 5.91 Å². The molecule has 0 heterocycles. The lowest BCUT2D eigenvalue weighted by Gasteiger charge is -2.16. The molecule has 0 bridgehead atoms. The van der Waals surface area contributed by atoms with E-state index in [2.05, 4.69) is 24.4 Å². The van der Waals surface area contributed by atoms with Gasteiger partial charge >= 0.3 is 0 Å². The zero-order chi connectivity index (χ0) is 22.9. The number of fused-ring (bicyclic) bond motifs is 7. The Hall–Kier alpha value is -4.41. The van der Waals surface area contributed by atoms with Crippen LogP contribution in [0.3, 0.4) is 0 Å². The fraction of sp³-hybridized carbons (Fsp3) is 0.138. The molecule has 4 heteroatoms. The average molecular weight is 428 g/mol. The molecule has 0 radical (unpaired) electrons. The summed E-state index contributed by atoms with van der Waals surface area (Å²) in [5.74, 6) is -0.105. The molecular formula is C29H21N3O. The second-order valence-electron chi connectivity index (χ2n) is 8.18. The molecule has 0 fully saturated rings. The monoisotopic (exact) mass is 427 g/mol. The minimum Gasteiger partial charge on any atom is -0.352 e. The van der Waals surface area contributed by atoms with Crippen molar-refractivity contribution in [3.63, 3.8) is 0 Å². The van der Waals surface area contributed by atoms with Gasteiger partial charge in [0.1, 0.15) is 12.1 Å². The van der Waals surface area contributed by atoms with Crippen LogP contribution >= 0.6 is 0 Å². The summed E-state index contributed by atoms with van der Waals surface area (Å²) in [7, 11) is 0. The SMILES string of the molecule is CCCCNC(=O)c1ccc2c(c1)c1ccccc1c1c(C#N)c3ccccc3c(C#N)c21. The van der Waals surface area contributed by atoms with Crippen LogP contribution < -0.4 is 5.32 Å². The highest BCUT2D eigenvalue weighted by Crippen LogP contribution is 2.42. The zero-order valence-electron chi connectivity index (χ0n) is 18.3. The lowest BCUT2D eigenvalue weighted by atomic mass is 9.85. The maximum atomic E-state index is 12.8. The van der Waals surface area contributed by atoms with Crippen molar-refractivity contribution < 1.29 is 4.79 Å². The van der Waals surface area contributed by atoms with E-state index in [1.165, 1.54) is 0 Å². The number of rotatable bonds is 4. The van der Waals surface area contributed by atoms with Crippen molar-refractivity contribution in [3.05, 3.63) is 83.4 Å². The molecule has 0 saturated heterocycles. The molecule has 0 aliphatic rings. The van der Waals surface area contributed by atoms with Crippen LogP contribution in [-0.4, -0.2) is 12.5 Å². The van der Waals surface area contributed by atoms with Crippen LogP contribution in [0, 0.1) is 22.7 Å². The molecule has 4 nitrogen and oxygen atoms in total. The van der Waals surface area contributed by atoms with Crippen molar-refractivity contribution in [2.24, 2.45) is 0 Å². The predicted molar refractivity (Wildman–Crippen MR) is 133 cm³/mol. The number of hydrogen-bond acceptors (Lipinski definition) is 3. The molecule has 1 amide bonds. The highest BCUT2D eigenvalue weighted by Gasteiger charge is 2.20. The second kappa shape index (κ2) is 8.26. The first kappa shape index (κ1) is 20.5. The first-order valence-corrected chi connectivity index (χ1v) is 11.1. The number of amides is 1. The van der Waals surface area contributed by atoms with Gasteiger partial charge in [-0.2, -0.15) is 10.5 Å². The van der Waals surface area contributed by atoms with Crippen molar-refractivity contribution in [1.82, 2.24) is 5.32 Å². The van der Waals surface area contributed by atoms with Gasteiger partial charge in [-0.25, -0.2) is 0 Å². The quantitative estimate of drug-likeness (QED) is 0.200. The number of unbranched alkanes of at least 4 members (excludes halogenated alkanes) is 1. The summed E-state index contributed by atoms with van der Waals surface area (Å²) >= 11 is 0. The number of nitrogens with one attached hydrogen (secondary N) is 1. The lowest BCUT2D eigenvalue weighted by molar-refractivity contribution is 0.0953. The van der Waals surface area contributed by atoms with E-state index < -0.39 is 0 Å². The molecule has 0 aromatic heterocycles. The maximum absolute atomic E-state index is 12.8. The number of hydrogen-bond donors (Lipinski definition) is 1. The number of nitrogens with zero attached hydrogens (tertiary/aromatic N) is 2. The molecule has 5 aromatic carbocycles. The molecule has 0 saturated carbocycles. The topological polar surface area (TPSA) is 76.7 Å². The largest absolute Gasteiger partial charge is 0.352 e.